The zero-order valence-corrected chi connectivity index (χ0v) is 22.7. The van der Waals surface area contributed by atoms with Gasteiger partial charge in [0.15, 0.2) is 0 Å². The van der Waals surface area contributed by atoms with Crippen molar-refractivity contribution in [2.75, 3.05) is 44.6 Å². The van der Waals surface area contributed by atoms with Crippen LogP contribution in [0.25, 0.3) is 20.7 Å². The van der Waals surface area contributed by atoms with Crippen molar-refractivity contribution in [3.05, 3.63) is 34.9 Å². The minimum Gasteiger partial charge on any atom is -0.492 e. The largest absolute Gasteiger partial charge is 0.492 e. The summed E-state index contributed by atoms with van der Waals surface area (Å²) in [5, 5.41) is 6.65. The lowest BCUT2D eigenvalue weighted by Crippen LogP contribution is -2.46. The lowest BCUT2D eigenvalue weighted by molar-refractivity contribution is -0.125. The highest BCUT2D eigenvalue weighted by Crippen LogP contribution is 2.37. The molecule has 2 fully saturated rings. The monoisotopic (exact) mass is 572 g/mol. The molecule has 0 unspecified atom stereocenters. The SMILES string of the molecule is CC1(C)C(=O)NC(=O)N1CCNc1ncc(Br)c(-c2cc3cc(OCCN4CCCC4)ccc3s2)n1. The fourth-order valence-electron chi connectivity index (χ4n) is 4.51. The van der Waals surface area contributed by atoms with Crippen molar-refractivity contribution in [3.63, 3.8) is 0 Å². The van der Waals surface area contributed by atoms with Crippen molar-refractivity contribution in [1.82, 2.24) is 25.1 Å². The summed E-state index contributed by atoms with van der Waals surface area (Å²) >= 11 is 5.24. The van der Waals surface area contributed by atoms with Crippen molar-refractivity contribution < 1.29 is 14.3 Å². The molecule has 0 bridgehead atoms. The zero-order valence-electron chi connectivity index (χ0n) is 20.3. The van der Waals surface area contributed by atoms with Crippen LogP contribution in [0.15, 0.2) is 34.9 Å². The molecular weight excluding hydrogens is 544 g/mol. The standard InChI is InChI=1S/C25H29BrN6O3S/c1-25(2)22(33)30-24(34)32(25)10-7-27-23-28-15-18(26)21(29-23)20-14-16-13-17(5-6-19(16)36-20)35-12-11-31-8-3-4-9-31/h5-6,13-15H,3-4,7-12H2,1-2H3,(H,27,28,29)(H,30,33,34). The van der Waals surface area contributed by atoms with E-state index in [9.17, 15) is 9.59 Å². The Bertz CT molecular complexity index is 1290. The summed E-state index contributed by atoms with van der Waals surface area (Å²) < 4.78 is 7.97. The van der Waals surface area contributed by atoms with Crippen LogP contribution in [0.4, 0.5) is 10.7 Å². The number of thiophene rings is 1. The lowest BCUT2D eigenvalue weighted by Gasteiger charge is -2.27. The predicted octanol–water partition coefficient (Wildman–Crippen LogP) is 4.34. The second-order valence-corrected chi connectivity index (χ2v) is 11.4. The highest BCUT2D eigenvalue weighted by Gasteiger charge is 2.45. The van der Waals surface area contributed by atoms with Crippen LogP contribution in [-0.4, -0.2) is 76.6 Å². The van der Waals surface area contributed by atoms with E-state index in [1.54, 1.807) is 31.4 Å². The van der Waals surface area contributed by atoms with E-state index in [1.807, 2.05) is 6.07 Å². The fourth-order valence-corrected chi connectivity index (χ4v) is 6.09. The predicted molar refractivity (Wildman–Crippen MR) is 145 cm³/mol. The van der Waals surface area contributed by atoms with E-state index >= 15 is 0 Å². The molecule has 5 rings (SSSR count). The quantitative estimate of drug-likeness (QED) is 0.368. The molecule has 2 aliphatic heterocycles. The number of likely N-dealkylation sites (tertiary alicyclic amines) is 1. The Balaban J connectivity index is 1.24. The number of ether oxygens (including phenoxy) is 1. The summed E-state index contributed by atoms with van der Waals surface area (Å²) in [6, 6.07) is 7.93. The van der Waals surface area contributed by atoms with E-state index in [2.05, 4.69) is 54.6 Å². The van der Waals surface area contributed by atoms with Gasteiger partial charge in [0.25, 0.3) is 5.91 Å². The molecular formula is C25H29BrN6O3S. The van der Waals surface area contributed by atoms with Gasteiger partial charge in [-0.2, -0.15) is 0 Å². The summed E-state index contributed by atoms with van der Waals surface area (Å²) in [6.07, 6.45) is 4.29. The summed E-state index contributed by atoms with van der Waals surface area (Å²) in [5.74, 6) is 1.04. The number of nitrogens with zero attached hydrogens (tertiary/aromatic N) is 4. The number of urea groups is 1. The van der Waals surface area contributed by atoms with Crippen LogP contribution in [0.1, 0.15) is 26.7 Å². The van der Waals surface area contributed by atoms with Gasteiger partial charge in [-0.05, 0) is 85.4 Å². The third-order valence-corrected chi connectivity index (χ3v) is 8.36. The third kappa shape index (κ3) is 5.18. The Morgan fingerprint density at radius 1 is 1.19 bits per heavy atom. The number of carbonyl (C=O) groups excluding carboxylic acids is 2. The van der Waals surface area contributed by atoms with Gasteiger partial charge in [0, 0.05) is 30.5 Å². The number of fused-ring (bicyclic) bond motifs is 1. The first-order chi connectivity index (χ1) is 17.3. The number of halogens is 1. The molecule has 0 saturated carbocycles. The average Bonchev–Trinajstić information content (AvgIpc) is 3.55. The summed E-state index contributed by atoms with van der Waals surface area (Å²) in [7, 11) is 0. The van der Waals surface area contributed by atoms with E-state index in [0.29, 0.717) is 25.6 Å². The van der Waals surface area contributed by atoms with Crippen molar-refractivity contribution in [2.24, 2.45) is 0 Å². The van der Waals surface area contributed by atoms with E-state index in [-0.39, 0.29) is 11.9 Å². The van der Waals surface area contributed by atoms with Crippen molar-refractivity contribution in [2.45, 2.75) is 32.2 Å². The molecule has 0 radical (unpaired) electrons. The van der Waals surface area contributed by atoms with Crippen molar-refractivity contribution in [3.8, 4) is 16.3 Å². The number of amides is 3. The van der Waals surface area contributed by atoms with Gasteiger partial charge in [0.2, 0.25) is 5.95 Å². The summed E-state index contributed by atoms with van der Waals surface area (Å²) in [4.78, 5) is 38.1. The molecule has 11 heteroatoms. The van der Waals surface area contributed by atoms with Gasteiger partial charge in [-0.15, -0.1) is 11.3 Å². The van der Waals surface area contributed by atoms with Crippen molar-refractivity contribution >= 4 is 55.2 Å². The number of hydrogen-bond acceptors (Lipinski definition) is 8. The van der Waals surface area contributed by atoms with Gasteiger partial charge in [0.05, 0.1) is 9.35 Å². The van der Waals surface area contributed by atoms with Crippen LogP contribution in [0.5, 0.6) is 5.75 Å². The molecule has 4 heterocycles. The minimum atomic E-state index is -0.877. The highest BCUT2D eigenvalue weighted by molar-refractivity contribution is 9.10. The van der Waals surface area contributed by atoms with Crippen LogP contribution in [0.2, 0.25) is 0 Å². The Morgan fingerprint density at radius 2 is 2.00 bits per heavy atom. The number of benzene rings is 1. The van der Waals surface area contributed by atoms with Crippen LogP contribution in [0, 0.1) is 0 Å². The number of carbonyl (C=O) groups is 2. The number of hydrogen-bond donors (Lipinski definition) is 2. The third-order valence-electron chi connectivity index (χ3n) is 6.65. The second kappa shape index (κ2) is 10.3. The molecule has 36 heavy (non-hydrogen) atoms. The van der Waals surface area contributed by atoms with Crippen molar-refractivity contribution in [1.29, 1.82) is 0 Å². The molecule has 2 aromatic heterocycles. The molecule has 9 nitrogen and oxygen atoms in total. The first-order valence-electron chi connectivity index (χ1n) is 12.1. The molecule has 3 aromatic rings. The molecule has 2 N–H and O–H groups in total. The Morgan fingerprint density at radius 3 is 2.75 bits per heavy atom. The van der Waals surface area contributed by atoms with Gasteiger partial charge >= 0.3 is 6.03 Å². The number of rotatable bonds is 9. The number of aromatic nitrogens is 2. The van der Waals surface area contributed by atoms with E-state index in [0.717, 1.165) is 37.4 Å². The Labute approximate surface area is 222 Å². The number of imide groups is 1. The molecule has 0 spiro atoms. The second-order valence-electron chi connectivity index (χ2n) is 9.49. The lowest BCUT2D eigenvalue weighted by atomic mass is 10.0. The fraction of sp³-hybridized carbons (Fsp3) is 0.440. The number of anilines is 1. The van der Waals surface area contributed by atoms with Gasteiger partial charge in [-0.3, -0.25) is 15.0 Å². The van der Waals surface area contributed by atoms with Gasteiger partial charge < -0.3 is 15.0 Å². The summed E-state index contributed by atoms with van der Waals surface area (Å²) in [5.41, 5.74) is -0.0854. The van der Waals surface area contributed by atoms with Crippen LogP contribution < -0.4 is 15.4 Å². The van der Waals surface area contributed by atoms with Gasteiger partial charge in [0.1, 0.15) is 23.6 Å². The Hall–Kier alpha value is -2.76. The van der Waals surface area contributed by atoms with Crippen LogP contribution >= 0.6 is 27.3 Å². The van der Waals surface area contributed by atoms with Crippen LogP contribution in [-0.2, 0) is 4.79 Å². The van der Waals surface area contributed by atoms with E-state index < -0.39 is 5.54 Å². The maximum absolute atomic E-state index is 12.1. The zero-order chi connectivity index (χ0) is 25.3. The molecule has 2 aliphatic rings. The van der Waals surface area contributed by atoms with E-state index in [1.165, 1.54) is 30.8 Å². The topological polar surface area (TPSA) is 99.7 Å². The number of nitrogens with one attached hydrogen (secondary N) is 2. The average molecular weight is 574 g/mol. The molecule has 190 valence electrons. The molecule has 3 amide bonds. The normalized spacial score (nSPS) is 17.7. The maximum atomic E-state index is 12.1. The van der Waals surface area contributed by atoms with Gasteiger partial charge in [-0.25, -0.2) is 14.8 Å². The first-order valence-corrected chi connectivity index (χ1v) is 13.7. The smallest absolute Gasteiger partial charge is 0.325 e. The molecule has 2 saturated heterocycles. The first kappa shape index (κ1) is 24.9. The molecule has 0 atom stereocenters. The molecule has 0 aliphatic carbocycles. The Kier molecular flexibility index (Phi) is 7.14. The maximum Gasteiger partial charge on any atom is 0.325 e. The van der Waals surface area contributed by atoms with Gasteiger partial charge in [-0.1, -0.05) is 0 Å². The minimum absolute atomic E-state index is 0.292. The summed E-state index contributed by atoms with van der Waals surface area (Å²) in [6.45, 7) is 8.23. The highest BCUT2D eigenvalue weighted by atomic mass is 79.9. The molecule has 1 aromatic carbocycles. The van der Waals surface area contributed by atoms with Crippen LogP contribution in [0.3, 0.4) is 0 Å². The van der Waals surface area contributed by atoms with E-state index in [4.69, 9.17) is 9.72 Å².